The molecule has 1 N–H and O–H groups in total. The van der Waals surface area contributed by atoms with Crippen LogP contribution in [0.3, 0.4) is 0 Å². The predicted molar refractivity (Wildman–Crippen MR) is 71.1 cm³/mol. The largest absolute Gasteiger partial charge is 0.474 e. The third kappa shape index (κ3) is 2.10. The number of aliphatic carboxylic acids is 1. The topological polar surface area (TPSA) is 57.6 Å². The van der Waals surface area contributed by atoms with Gasteiger partial charge < -0.3 is 5.11 Å². The maximum Gasteiger partial charge on any atom is 0.394 e. The highest BCUT2D eigenvalue weighted by atomic mass is 32.2. The first-order valence-electron chi connectivity index (χ1n) is 5.87. The summed E-state index contributed by atoms with van der Waals surface area (Å²) in [6, 6.07) is 5.73. The molecule has 1 unspecified atom stereocenters. The number of fused-ring (bicyclic) bond motifs is 1. The summed E-state index contributed by atoms with van der Waals surface area (Å²) in [5.41, 5.74) is 1.79. The molecule has 1 aromatic rings. The second kappa shape index (κ2) is 5.02. The Balaban J connectivity index is 2.55. The molecule has 0 aliphatic carbocycles. The number of nitrogens with zero attached hydrogens (tertiary/aromatic N) is 1. The van der Waals surface area contributed by atoms with E-state index < -0.39 is 11.9 Å². The summed E-state index contributed by atoms with van der Waals surface area (Å²) >= 11 is 1.67. The van der Waals surface area contributed by atoms with E-state index in [4.69, 9.17) is 5.11 Å². The van der Waals surface area contributed by atoms with Gasteiger partial charge >= 0.3 is 11.9 Å². The van der Waals surface area contributed by atoms with Gasteiger partial charge in [0, 0.05) is 16.7 Å². The van der Waals surface area contributed by atoms with Crippen molar-refractivity contribution in [2.45, 2.75) is 31.2 Å². The maximum absolute atomic E-state index is 11.9. The summed E-state index contributed by atoms with van der Waals surface area (Å²) in [5, 5.41) is 8.94. The molecule has 0 bridgehead atoms. The third-order valence-electron chi connectivity index (χ3n) is 3.03. The summed E-state index contributed by atoms with van der Waals surface area (Å²) in [6.07, 6.45) is 0.778. The second-order valence-electron chi connectivity index (χ2n) is 4.26. The average Bonchev–Trinajstić information content (AvgIpc) is 2.37. The van der Waals surface area contributed by atoms with Crippen molar-refractivity contribution in [3.63, 3.8) is 0 Å². The van der Waals surface area contributed by atoms with Gasteiger partial charge in [-0.1, -0.05) is 19.1 Å². The second-order valence-corrected chi connectivity index (χ2v) is 5.32. The van der Waals surface area contributed by atoms with Crippen LogP contribution in [0.4, 0.5) is 5.69 Å². The Bertz CT molecular complexity index is 487. The Morgan fingerprint density at radius 1 is 1.50 bits per heavy atom. The fourth-order valence-electron chi connectivity index (χ4n) is 2.15. The Hall–Kier alpha value is -1.49. The molecule has 1 aromatic carbocycles. The molecule has 1 aliphatic heterocycles. The van der Waals surface area contributed by atoms with E-state index in [9.17, 15) is 9.59 Å². The van der Waals surface area contributed by atoms with Gasteiger partial charge in [-0.2, -0.15) is 0 Å². The van der Waals surface area contributed by atoms with Crippen LogP contribution in [-0.2, 0) is 16.0 Å². The van der Waals surface area contributed by atoms with Gasteiger partial charge in [0.15, 0.2) is 0 Å². The molecule has 1 amide bonds. The van der Waals surface area contributed by atoms with E-state index in [1.807, 2.05) is 32.0 Å². The van der Waals surface area contributed by atoms with Crippen molar-refractivity contribution >= 4 is 29.3 Å². The number of hydrogen-bond donors (Lipinski definition) is 1. The molecule has 0 fully saturated rings. The summed E-state index contributed by atoms with van der Waals surface area (Å²) in [4.78, 5) is 25.2. The molecule has 96 valence electrons. The van der Waals surface area contributed by atoms with Crippen molar-refractivity contribution in [3.8, 4) is 0 Å². The smallest absolute Gasteiger partial charge is 0.394 e. The molecule has 2 rings (SSSR count). The predicted octanol–water partition coefficient (Wildman–Crippen LogP) is 2.16. The number of hydrogen-bond acceptors (Lipinski definition) is 3. The third-order valence-corrected chi connectivity index (χ3v) is 4.32. The molecular formula is C13H15NO3S. The highest BCUT2D eigenvalue weighted by Gasteiger charge is 2.33. The lowest BCUT2D eigenvalue weighted by molar-refractivity contribution is -0.149. The van der Waals surface area contributed by atoms with E-state index in [1.54, 1.807) is 11.8 Å². The van der Waals surface area contributed by atoms with Gasteiger partial charge in [-0.3, -0.25) is 9.69 Å². The molecule has 4 nitrogen and oxygen atoms in total. The van der Waals surface area contributed by atoms with E-state index >= 15 is 0 Å². The Labute approximate surface area is 110 Å². The highest BCUT2D eigenvalue weighted by molar-refractivity contribution is 7.99. The molecule has 0 saturated carbocycles. The molecule has 18 heavy (non-hydrogen) atoms. The number of carboxylic acids is 1. The van der Waals surface area contributed by atoms with Crippen molar-refractivity contribution < 1.29 is 14.7 Å². The number of carbonyl (C=O) groups excluding carboxylic acids is 1. The van der Waals surface area contributed by atoms with E-state index in [-0.39, 0.29) is 6.04 Å². The van der Waals surface area contributed by atoms with Crippen molar-refractivity contribution in [3.05, 3.63) is 23.8 Å². The van der Waals surface area contributed by atoms with E-state index in [0.29, 0.717) is 0 Å². The van der Waals surface area contributed by atoms with Crippen molar-refractivity contribution in [1.82, 2.24) is 0 Å². The number of carbonyl (C=O) groups is 2. The van der Waals surface area contributed by atoms with E-state index in [2.05, 4.69) is 0 Å². The molecule has 0 radical (unpaired) electrons. The fourth-order valence-corrected chi connectivity index (χ4v) is 3.26. The van der Waals surface area contributed by atoms with Gasteiger partial charge in [-0.05, 0) is 25.0 Å². The van der Waals surface area contributed by atoms with Crippen LogP contribution in [0.2, 0.25) is 0 Å². The Morgan fingerprint density at radius 3 is 2.83 bits per heavy atom. The van der Waals surface area contributed by atoms with Crippen LogP contribution in [0.25, 0.3) is 0 Å². The van der Waals surface area contributed by atoms with Gasteiger partial charge in [-0.25, -0.2) is 4.79 Å². The van der Waals surface area contributed by atoms with Crippen LogP contribution >= 0.6 is 11.8 Å². The van der Waals surface area contributed by atoms with Crippen LogP contribution in [0.5, 0.6) is 0 Å². The number of carboxylic acid groups (broad SMARTS) is 1. The summed E-state index contributed by atoms with van der Waals surface area (Å²) in [5.74, 6) is -1.52. The Morgan fingerprint density at radius 2 is 2.22 bits per heavy atom. The van der Waals surface area contributed by atoms with Crippen molar-refractivity contribution in [2.75, 3.05) is 10.7 Å². The average molecular weight is 265 g/mol. The van der Waals surface area contributed by atoms with Gasteiger partial charge in [0.25, 0.3) is 0 Å². The molecule has 0 spiro atoms. The lowest BCUT2D eigenvalue weighted by Crippen LogP contribution is -2.46. The van der Waals surface area contributed by atoms with Crippen LogP contribution < -0.4 is 4.90 Å². The minimum atomic E-state index is -1.40. The van der Waals surface area contributed by atoms with Crippen LogP contribution in [0, 0.1) is 0 Å². The zero-order valence-corrected chi connectivity index (χ0v) is 11.2. The molecule has 1 aliphatic rings. The zero-order valence-electron chi connectivity index (χ0n) is 10.3. The van der Waals surface area contributed by atoms with Crippen LogP contribution in [0.15, 0.2) is 23.1 Å². The lowest BCUT2D eigenvalue weighted by Gasteiger charge is -2.35. The molecule has 0 saturated heterocycles. The van der Waals surface area contributed by atoms with Gasteiger partial charge in [0.1, 0.15) is 0 Å². The summed E-state index contributed by atoms with van der Waals surface area (Å²) in [6.45, 7) is 3.88. The number of para-hydroxylation sites is 1. The first-order valence-corrected chi connectivity index (χ1v) is 6.86. The SMILES string of the molecule is CCc1cccc2c1N(C(=O)C(=O)O)C(C)CS2. The molecular weight excluding hydrogens is 250 g/mol. The van der Waals surface area contributed by atoms with Crippen LogP contribution in [-0.4, -0.2) is 28.8 Å². The number of aryl methyl sites for hydroxylation is 1. The molecule has 1 atom stereocenters. The van der Waals surface area contributed by atoms with Crippen molar-refractivity contribution in [1.29, 1.82) is 0 Å². The normalized spacial score (nSPS) is 18.3. The van der Waals surface area contributed by atoms with Gasteiger partial charge in [-0.15, -0.1) is 11.8 Å². The summed E-state index contributed by atoms with van der Waals surface area (Å²) in [7, 11) is 0. The first kappa shape index (κ1) is 13.0. The summed E-state index contributed by atoms with van der Waals surface area (Å²) < 4.78 is 0. The maximum atomic E-state index is 11.9. The molecule has 1 heterocycles. The number of benzene rings is 1. The monoisotopic (exact) mass is 265 g/mol. The minimum Gasteiger partial charge on any atom is -0.474 e. The number of thioether (sulfide) groups is 1. The van der Waals surface area contributed by atoms with E-state index in [0.717, 1.165) is 28.3 Å². The molecule has 0 aromatic heterocycles. The zero-order chi connectivity index (χ0) is 13.3. The van der Waals surface area contributed by atoms with Gasteiger partial charge in [0.05, 0.1) is 5.69 Å². The first-order chi connectivity index (χ1) is 8.56. The molecule has 5 heteroatoms. The number of anilines is 1. The Kier molecular flexibility index (Phi) is 3.61. The van der Waals surface area contributed by atoms with Gasteiger partial charge in [0.2, 0.25) is 0 Å². The van der Waals surface area contributed by atoms with Crippen LogP contribution in [0.1, 0.15) is 19.4 Å². The lowest BCUT2D eigenvalue weighted by atomic mass is 10.1. The van der Waals surface area contributed by atoms with E-state index in [1.165, 1.54) is 4.90 Å². The number of rotatable bonds is 1. The quantitative estimate of drug-likeness (QED) is 0.791. The number of amides is 1. The fraction of sp³-hybridized carbons (Fsp3) is 0.385. The van der Waals surface area contributed by atoms with Crippen molar-refractivity contribution in [2.24, 2.45) is 0 Å². The minimum absolute atomic E-state index is 0.0983. The standard InChI is InChI=1S/C13H15NO3S/c1-3-9-5-4-6-10-11(9)14(8(2)7-18-10)12(15)13(16)17/h4-6,8H,3,7H2,1-2H3,(H,16,17). The highest BCUT2D eigenvalue weighted by Crippen LogP contribution is 2.40.